The molecule has 3 fully saturated rings. The van der Waals surface area contributed by atoms with Crippen molar-refractivity contribution in [2.45, 2.75) is 56.7 Å². The average Bonchev–Trinajstić information content (AvgIpc) is 3.01. The number of hydrogen-bond donors (Lipinski definition) is 1. The summed E-state index contributed by atoms with van der Waals surface area (Å²) in [5, 5.41) is 3.76. The number of piperidine rings is 1. The SMILES string of the molecule is O=C([C@H]1COCCO1)N1CCC(NC2CCCC2)CC1. The minimum Gasteiger partial charge on any atom is -0.376 e. The molecule has 3 rings (SSSR count). The first-order valence-corrected chi connectivity index (χ1v) is 8.07. The van der Waals surface area contributed by atoms with Gasteiger partial charge in [0.1, 0.15) is 0 Å². The van der Waals surface area contributed by atoms with Gasteiger partial charge in [0, 0.05) is 25.2 Å². The molecule has 1 saturated carbocycles. The maximum atomic E-state index is 12.3. The largest absolute Gasteiger partial charge is 0.376 e. The van der Waals surface area contributed by atoms with Crippen LogP contribution in [-0.4, -0.2) is 61.9 Å². The molecule has 1 aliphatic carbocycles. The number of amides is 1. The molecule has 3 aliphatic rings. The molecule has 2 saturated heterocycles. The fraction of sp³-hybridized carbons (Fsp3) is 0.933. The second kappa shape index (κ2) is 6.87. The molecule has 5 heteroatoms. The molecule has 114 valence electrons. The summed E-state index contributed by atoms with van der Waals surface area (Å²) in [7, 11) is 0. The minimum atomic E-state index is -0.372. The van der Waals surface area contributed by atoms with Crippen molar-refractivity contribution in [3.05, 3.63) is 0 Å². The van der Waals surface area contributed by atoms with Crippen molar-refractivity contribution < 1.29 is 14.3 Å². The molecule has 0 aromatic carbocycles. The molecule has 20 heavy (non-hydrogen) atoms. The van der Waals surface area contributed by atoms with Gasteiger partial charge >= 0.3 is 0 Å². The lowest BCUT2D eigenvalue weighted by molar-refractivity contribution is -0.159. The van der Waals surface area contributed by atoms with E-state index in [0.717, 1.165) is 32.0 Å². The molecule has 5 nitrogen and oxygen atoms in total. The Labute approximate surface area is 121 Å². The van der Waals surface area contributed by atoms with Crippen LogP contribution in [0.25, 0.3) is 0 Å². The van der Waals surface area contributed by atoms with Gasteiger partial charge in [-0.05, 0) is 25.7 Å². The van der Waals surface area contributed by atoms with Gasteiger partial charge < -0.3 is 19.7 Å². The van der Waals surface area contributed by atoms with Crippen LogP contribution in [-0.2, 0) is 14.3 Å². The zero-order valence-corrected chi connectivity index (χ0v) is 12.2. The van der Waals surface area contributed by atoms with Crippen LogP contribution in [0.4, 0.5) is 0 Å². The highest BCUT2D eigenvalue weighted by molar-refractivity contribution is 5.81. The van der Waals surface area contributed by atoms with Gasteiger partial charge in [-0.1, -0.05) is 12.8 Å². The number of nitrogens with zero attached hydrogens (tertiary/aromatic N) is 1. The van der Waals surface area contributed by atoms with Crippen molar-refractivity contribution >= 4 is 5.91 Å². The van der Waals surface area contributed by atoms with Gasteiger partial charge in [0.15, 0.2) is 6.10 Å². The molecule has 0 unspecified atom stereocenters. The van der Waals surface area contributed by atoms with Crippen LogP contribution in [0.1, 0.15) is 38.5 Å². The van der Waals surface area contributed by atoms with E-state index in [0.29, 0.717) is 25.9 Å². The van der Waals surface area contributed by atoms with E-state index in [2.05, 4.69) is 5.32 Å². The third-order valence-electron chi connectivity index (χ3n) is 4.72. The summed E-state index contributed by atoms with van der Waals surface area (Å²) in [6.45, 7) is 3.26. The van der Waals surface area contributed by atoms with Gasteiger partial charge in [-0.2, -0.15) is 0 Å². The van der Waals surface area contributed by atoms with Gasteiger partial charge in [-0.25, -0.2) is 0 Å². The number of ether oxygens (including phenoxy) is 2. The predicted molar refractivity (Wildman–Crippen MR) is 75.6 cm³/mol. The summed E-state index contributed by atoms with van der Waals surface area (Å²) in [5.74, 6) is 0.115. The van der Waals surface area contributed by atoms with Crippen LogP contribution in [0.3, 0.4) is 0 Å². The number of hydrogen-bond acceptors (Lipinski definition) is 4. The Morgan fingerprint density at radius 1 is 1.00 bits per heavy atom. The van der Waals surface area contributed by atoms with Crippen molar-refractivity contribution in [3.8, 4) is 0 Å². The first-order chi connectivity index (χ1) is 9.83. The van der Waals surface area contributed by atoms with E-state index >= 15 is 0 Å². The van der Waals surface area contributed by atoms with Crippen LogP contribution in [0.15, 0.2) is 0 Å². The number of likely N-dealkylation sites (tertiary alicyclic amines) is 1. The van der Waals surface area contributed by atoms with Crippen LogP contribution < -0.4 is 5.32 Å². The highest BCUT2D eigenvalue weighted by Crippen LogP contribution is 2.21. The molecular formula is C15H26N2O3. The highest BCUT2D eigenvalue weighted by Gasteiger charge is 2.31. The van der Waals surface area contributed by atoms with Crippen molar-refractivity contribution in [1.82, 2.24) is 10.2 Å². The maximum absolute atomic E-state index is 12.3. The first-order valence-electron chi connectivity index (χ1n) is 8.07. The van der Waals surface area contributed by atoms with E-state index in [1.165, 1.54) is 25.7 Å². The molecule has 2 aliphatic heterocycles. The van der Waals surface area contributed by atoms with E-state index in [1.54, 1.807) is 0 Å². The third-order valence-corrected chi connectivity index (χ3v) is 4.72. The standard InChI is InChI=1S/C15H26N2O3/c18-15(14-11-19-9-10-20-14)17-7-5-13(6-8-17)16-12-3-1-2-4-12/h12-14,16H,1-11H2/t14-/m1/s1. The zero-order chi connectivity index (χ0) is 13.8. The van der Waals surface area contributed by atoms with E-state index in [-0.39, 0.29) is 12.0 Å². The Balaban J connectivity index is 1.41. The number of rotatable bonds is 3. The molecule has 0 aromatic heterocycles. The molecule has 0 aromatic rings. The quantitative estimate of drug-likeness (QED) is 0.836. The van der Waals surface area contributed by atoms with Crippen molar-refractivity contribution in [3.63, 3.8) is 0 Å². The van der Waals surface area contributed by atoms with Crippen LogP contribution in [0, 0.1) is 0 Å². The fourth-order valence-corrected chi connectivity index (χ4v) is 3.53. The van der Waals surface area contributed by atoms with E-state index in [4.69, 9.17) is 9.47 Å². The van der Waals surface area contributed by atoms with E-state index in [1.807, 2.05) is 4.90 Å². The van der Waals surface area contributed by atoms with Gasteiger partial charge in [0.2, 0.25) is 0 Å². The molecule has 1 amide bonds. The van der Waals surface area contributed by atoms with Gasteiger partial charge in [-0.15, -0.1) is 0 Å². The second-order valence-electron chi connectivity index (χ2n) is 6.18. The van der Waals surface area contributed by atoms with Crippen molar-refractivity contribution in [2.24, 2.45) is 0 Å². The lowest BCUT2D eigenvalue weighted by Crippen LogP contribution is -2.51. The Hall–Kier alpha value is -0.650. The molecule has 1 N–H and O–H groups in total. The summed E-state index contributed by atoms with van der Waals surface area (Å²) < 4.78 is 10.8. The smallest absolute Gasteiger partial charge is 0.254 e. The Kier molecular flexibility index (Phi) is 4.91. The number of nitrogens with one attached hydrogen (secondary N) is 1. The lowest BCUT2D eigenvalue weighted by Gasteiger charge is -2.36. The second-order valence-corrected chi connectivity index (χ2v) is 6.18. The van der Waals surface area contributed by atoms with Crippen LogP contribution in [0.5, 0.6) is 0 Å². The zero-order valence-electron chi connectivity index (χ0n) is 12.2. The first kappa shape index (κ1) is 14.3. The highest BCUT2D eigenvalue weighted by atomic mass is 16.6. The third kappa shape index (κ3) is 3.51. The monoisotopic (exact) mass is 282 g/mol. The van der Waals surface area contributed by atoms with Gasteiger partial charge in [-0.3, -0.25) is 4.79 Å². The van der Waals surface area contributed by atoms with Crippen molar-refractivity contribution in [1.29, 1.82) is 0 Å². The topological polar surface area (TPSA) is 50.8 Å². The van der Waals surface area contributed by atoms with Gasteiger partial charge in [0.25, 0.3) is 5.91 Å². The molecule has 0 radical (unpaired) electrons. The average molecular weight is 282 g/mol. The molecule has 0 spiro atoms. The van der Waals surface area contributed by atoms with Crippen LogP contribution >= 0.6 is 0 Å². The summed E-state index contributed by atoms with van der Waals surface area (Å²) in [4.78, 5) is 14.3. The van der Waals surface area contributed by atoms with E-state index < -0.39 is 0 Å². The fourth-order valence-electron chi connectivity index (χ4n) is 3.53. The predicted octanol–water partition coefficient (Wildman–Crippen LogP) is 0.925. The lowest BCUT2D eigenvalue weighted by atomic mass is 10.0. The molecule has 0 bridgehead atoms. The number of carbonyl (C=O) groups is 1. The van der Waals surface area contributed by atoms with E-state index in [9.17, 15) is 4.79 Å². The van der Waals surface area contributed by atoms with Crippen LogP contribution in [0.2, 0.25) is 0 Å². The molecular weight excluding hydrogens is 256 g/mol. The Morgan fingerprint density at radius 3 is 2.35 bits per heavy atom. The van der Waals surface area contributed by atoms with Crippen molar-refractivity contribution in [2.75, 3.05) is 32.9 Å². The normalized spacial score (nSPS) is 29.8. The maximum Gasteiger partial charge on any atom is 0.254 e. The molecule has 2 heterocycles. The summed E-state index contributed by atoms with van der Waals surface area (Å²) >= 11 is 0. The minimum absolute atomic E-state index is 0.115. The Bertz CT molecular complexity index is 317. The van der Waals surface area contributed by atoms with Gasteiger partial charge in [0.05, 0.1) is 19.8 Å². The summed E-state index contributed by atoms with van der Waals surface area (Å²) in [5.41, 5.74) is 0. The molecule has 1 atom stereocenters. The summed E-state index contributed by atoms with van der Waals surface area (Å²) in [6, 6.07) is 1.31. The Morgan fingerprint density at radius 2 is 1.70 bits per heavy atom. The number of carbonyl (C=O) groups excluding carboxylic acids is 1. The summed E-state index contributed by atoms with van der Waals surface area (Å²) in [6.07, 6.45) is 7.15.